The van der Waals surface area contributed by atoms with Crippen molar-refractivity contribution in [1.29, 1.82) is 0 Å². The van der Waals surface area contributed by atoms with Crippen LogP contribution in [0.4, 0.5) is 0 Å². The first-order valence-electron chi connectivity index (χ1n) is 22.8. The topological polar surface area (TPSA) is 78.9 Å². The first-order chi connectivity index (χ1) is 29.0. The fourth-order valence-electron chi connectivity index (χ4n) is 5.43. The van der Waals surface area contributed by atoms with Crippen LogP contribution in [0.15, 0.2) is 134 Å². The highest BCUT2D eigenvalue weighted by Crippen LogP contribution is 2.11. The molecule has 0 aliphatic heterocycles. The molecule has 0 aromatic carbocycles. The normalized spacial score (nSPS) is 13.3. The lowest BCUT2D eigenvalue weighted by Gasteiger charge is -2.18. The average molecular weight is 813 g/mol. The second kappa shape index (κ2) is 46.2. The molecule has 0 N–H and O–H groups in total. The van der Waals surface area contributed by atoms with Crippen molar-refractivity contribution in [3.8, 4) is 0 Å². The van der Waals surface area contributed by atoms with Gasteiger partial charge in [-0.3, -0.25) is 14.4 Å². The van der Waals surface area contributed by atoms with E-state index in [2.05, 4.69) is 106 Å². The van der Waals surface area contributed by atoms with E-state index in [-0.39, 0.29) is 38.0 Å². The van der Waals surface area contributed by atoms with Crippen molar-refractivity contribution >= 4 is 17.9 Å². The smallest absolute Gasteiger partial charge is 0.309 e. The van der Waals surface area contributed by atoms with Gasteiger partial charge in [0.05, 0.1) is 6.42 Å². The maximum absolute atomic E-state index is 12.7. The minimum absolute atomic E-state index is 0.118. The van der Waals surface area contributed by atoms with E-state index < -0.39 is 12.1 Å². The minimum atomic E-state index is -0.839. The van der Waals surface area contributed by atoms with Crippen molar-refractivity contribution in [3.05, 3.63) is 134 Å². The van der Waals surface area contributed by atoms with Gasteiger partial charge >= 0.3 is 17.9 Å². The molecule has 0 spiro atoms. The SMILES string of the molecule is CC/C=C\C/C=C\C/C=C\CCCCCCC(=O)OC(COC(=O)C/C=C\C/C=C\C/C=C\CC)COC(=O)CCCCCCC\C=C/C=C\C=C/C=C\C=C/CCC. The van der Waals surface area contributed by atoms with Gasteiger partial charge in [0.1, 0.15) is 13.2 Å². The third-order valence-corrected chi connectivity index (χ3v) is 8.76. The van der Waals surface area contributed by atoms with Crippen LogP contribution in [-0.2, 0) is 28.6 Å². The molecule has 0 aromatic heterocycles. The number of hydrogen-bond donors (Lipinski definition) is 0. The van der Waals surface area contributed by atoms with E-state index in [1.807, 2.05) is 42.5 Å². The van der Waals surface area contributed by atoms with Gasteiger partial charge in [-0.15, -0.1) is 0 Å². The lowest BCUT2D eigenvalue weighted by Crippen LogP contribution is -2.30. The molecule has 0 amide bonds. The number of allylic oxidation sites excluding steroid dienone is 21. The molecule has 0 saturated carbocycles. The van der Waals surface area contributed by atoms with Crippen LogP contribution >= 0.6 is 0 Å². The summed E-state index contributed by atoms with van der Waals surface area (Å²) in [6.45, 7) is 6.14. The highest BCUT2D eigenvalue weighted by atomic mass is 16.6. The summed E-state index contributed by atoms with van der Waals surface area (Å²) in [6.07, 6.45) is 64.6. The molecule has 59 heavy (non-hydrogen) atoms. The number of unbranched alkanes of at least 4 members (excludes halogenated alkanes) is 10. The Bertz CT molecular complexity index is 1350. The molecule has 0 bridgehead atoms. The highest BCUT2D eigenvalue weighted by Gasteiger charge is 2.19. The monoisotopic (exact) mass is 813 g/mol. The van der Waals surface area contributed by atoms with Crippen molar-refractivity contribution in [2.24, 2.45) is 0 Å². The summed E-state index contributed by atoms with van der Waals surface area (Å²) in [6, 6.07) is 0. The van der Waals surface area contributed by atoms with Crippen LogP contribution in [0.25, 0.3) is 0 Å². The Balaban J connectivity index is 4.54. The number of rotatable bonds is 38. The molecule has 0 saturated heterocycles. The Labute approximate surface area is 360 Å². The molecule has 328 valence electrons. The number of carbonyl (C=O) groups excluding carboxylic acids is 3. The van der Waals surface area contributed by atoms with Crippen LogP contribution in [0.1, 0.15) is 162 Å². The van der Waals surface area contributed by atoms with Crippen LogP contribution in [0.3, 0.4) is 0 Å². The Hall–Kier alpha value is -4.45. The van der Waals surface area contributed by atoms with Gasteiger partial charge in [-0.25, -0.2) is 0 Å². The summed E-state index contributed by atoms with van der Waals surface area (Å²) < 4.78 is 16.5. The molecule has 1 atom stereocenters. The van der Waals surface area contributed by atoms with E-state index in [0.717, 1.165) is 116 Å². The van der Waals surface area contributed by atoms with Crippen LogP contribution in [0.5, 0.6) is 0 Å². The van der Waals surface area contributed by atoms with E-state index in [1.165, 1.54) is 6.42 Å². The predicted molar refractivity (Wildman–Crippen MR) is 251 cm³/mol. The van der Waals surface area contributed by atoms with Crippen molar-refractivity contribution in [2.75, 3.05) is 13.2 Å². The molecule has 0 radical (unpaired) electrons. The van der Waals surface area contributed by atoms with Crippen molar-refractivity contribution < 1.29 is 28.6 Å². The molecule has 1 unspecified atom stereocenters. The Kier molecular flexibility index (Phi) is 42.8. The van der Waals surface area contributed by atoms with Gasteiger partial charge in [-0.05, 0) is 83.5 Å². The lowest BCUT2D eigenvalue weighted by atomic mass is 10.1. The molecule has 6 heteroatoms. The Morgan fingerprint density at radius 3 is 1.34 bits per heavy atom. The van der Waals surface area contributed by atoms with E-state index >= 15 is 0 Å². The number of ether oxygens (including phenoxy) is 3. The molecule has 0 fully saturated rings. The fourth-order valence-corrected chi connectivity index (χ4v) is 5.43. The molecule has 0 aliphatic rings. The van der Waals surface area contributed by atoms with Gasteiger partial charge in [0.25, 0.3) is 0 Å². The second-order valence-electron chi connectivity index (χ2n) is 14.3. The largest absolute Gasteiger partial charge is 0.462 e. The van der Waals surface area contributed by atoms with Gasteiger partial charge in [0.2, 0.25) is 0 Å². The quantitative estimate of drug-likeness (QED) is 0.0203. The zero-order valence-electron chi connectivity index (χ0n) is 37.2. The molecule has 6 nitrogen and oxygen atoms in total. The van der Waals surface area contributed by atoms with Gasteiger partial charge in [-0.1, -0.05) is 193 Å². The van der Waals surface area contributed by atoms with Gasteiger partial charge in [0, 0.05) is 12.8 Å². The fraction of sp³-hybridized carbons (Fsp3) is 0.528. The van der Waals surface area contributed by atoms with Gasteiger partial charge < -0.3 is 14.2 Å². The Morgan fingerprint density at radius 2 is 0.797 bits per heavy atom. The van der Waals surface area contributed by atoms with Gasteiger partial charge in [0.15, 0.2) is 6.10 Å². The summed E-state index contributed by atoms with van der Waals surface area (Å²) in [5, 5.41) is 0. The molecular formula is C53H80O6. The van der Waals surface area contributed by atoms with Gasteiger partial charge in [-0.2, -0.15) is 0 Å². The summed E-state index contributed by atoms with van der Waals surface area (Å²) in [7, 11) is 0. The predicted octanol–water partition coefficient (Wildman–Crippen LogP) is 14.7. The van der Waals surface area contributed by atoms with Crippen LogP contribution in [0, 0.1) is 0 Å². The van der Waals surface area contributed by atoms with Crippen LogP contribution < -0.4 is 0 Å². The maximum Gasteiger partial charge on any atom is 0.309 e. The average Bonchev–Trinajstić information content (AvgIpc) is 3.23. The first kappa shape index (κ1) is 54.6. The zero-order valence-corrected chi connectivity index (χ0v) is 37.2. The van der Waals surface area contributed by atoms with Crippen molar-refractivity contribution in [1.82, 2.24) is 0 Å². The van der Waals surface area contributed by atoms with E-state index in [4.69, 9.17) is 14.2 Å². The third kappa shape index (κ3) is 44.5. The maximum atomic E-state index is 12.7. The number of hydrogen-bond acceptors (Lipinski definition) is 6. The lowest BCUT2D eigenvalue weighted by molar-refractivity contribution is -0.166. The zero-order chi connectivity index (χ0) is 43.0. The van der Waals surface area contributed by atoms with E-state index in [1.54, 1.807) is 6.08 Å². The van der Waals surface area contributed by atoms with Crippen LogP contribution in [0.2, 0.25) is 0 Å². The molecule has 0 aromatic rings. The second-order valence-corrected chi connectivity index (χ2v) is 14.3. The Morgan fingerprint density at radius 1 is 0.390 bits per heavy atom. The van der Waals surface area contributed by atoms with Crippen LogP contribution in [-0.4, -0.2) is 37.2 Å². The first-order valence-corrected chi connectivity index (χ1v) is 22.8. The minimum Gasteiger partial charge on any atom is -0.462 e. The van der Waals surface area contributed by atoms with E-state index in [0.29, 0.717) is 6.42 Å². The van der Waals surface area contributed by atoms with Crippen molar-refractivity contribution in [3.63, 3.8) is 0 Å². The molecule has 0 rings (SSSR count). The summed E-state index contributed by atoms with van der Waals surface area (Å²) >= 11 is 0. The number of esters is 3. The van der Waals surface area contributed by atoms with Crippen molar-refractivity contribution in [2.45, 2.75) is 168 Å². The number of carbonyl (C=O) groups is 3. The van der Waals surface area contributed by atoms with E-state index in [9.17, 15) is 14.4 Å². The molecule has 0 aliphatic carbocycles. The third-order valence-electron chi connectivity index (χ3n) is 8.76. The molecule has 0 heterocycles. The molecular weight excluding hydrogens is 733 g/mol. The standard InChI is InChI=1S/C53H80O6/c1-4-7-10-13-16-19-21-23-25-26-27-28-30-31-34-37-40-43-46-52(55)58-49-50(48-57-51(54)45-42-39-36-33-18-15-12-9-6-3)59-53(56)47-44-41-38-35-32-29-24-22-20-17-14-11-8-5-2/h8-13,16-21,23-29,33,39,42,50H,4-7,14-15,22,30-32,34-38,40-41,43-49H2,1-3H3/b11-8-,12-9-,13-10-,19-16-,20-17-,23-21-,26-25-,28-27-,29-24-,33-18-,42-39-. The summed E-state index contributed by atoms with van der Waals surface area (Å²) in [5.41, 5.74) is 0. The summed E-state index contributed by atoms with van der Waals surface area (Å²) in [4.78, 5) is 37.7. The highest BCUT2D eigenvalue weighted by molar-refractivity contribution is 5.72. The summed E-state index contributed by atoms with van der Waals surface area (Å²) in [5.74, 6) is -1.12.